The van der Waals surface area contributed by atoms with E-state index in [2.05, 4.69) is 9.97 Å². The minimum absolute atomic E-state index is 0.214. The lowest BCUT2D eigenvalue weighted by Crippen LogP contribution is -2.12. The summed E-state index contributed by atoms with van der Waals surface area (Å²) in [7, 11) is 0. The van der Waals surface area contributed by atoms with Crippen molar-refractivity contribution >= 4 is 0 Å². The number of H-pyrrole nitrogens is 1. The molecule has 0 saturated heterocycles. The fourth-order valence-corrected chi connectivity index (χ4v) is 1.55. The van der Waals surface area contributed by atoms with Gasteiger partial charge in [-0.2, -0.15) is 0 Å². The minimum Gasteiger partial charge on any atom is -0.493 e. The number of benzene rings is 1. The van der Waals surface area contributed by atoms with Crippen molar-refractivity contribution in [1.82, 2.24) is 9.97 Å². The molecule has 0 unspecified atom stereocenters. The van der Waals surface area contributed by atoms with Crippen molar-refractivity contribution in [1.29, 1.82) is 0 Å². The van der Waals surface area contributed by atoms with Gasteiger partial charge >= 0.3 is 0 Å². The lowest BCUT2D eigenvalue weighted by Gasteiger charge is -2.04. The van der Waals surface area contributed by atoms with E-state index in [-0.39, 0.29) is 17.0 Å². The summed E-state index contributed by atoms with van der Waals surface area (Å²) in [5.41, 5.74) is 1.65. The molecule has 1 heterocycles. The summed E-state index contributed by atoms with van der Waals surface area (Å²) in [6.07, 6.45) is 0. The number of nitrogens with one attached hydrogen (secondary N) is 1. The maximum Gasteiger partial charge on any atom is 0.262 e. The first-order valence-electron chi connectivity index (χ1n) is 4.95. The number of aryl methyl sites for hydroxylation is 2. The second-order valence-corrected chi connectivity index (χ2v) is 3.72. The Morgan fingerprint density at radius 2 is 1.81 bits per heavy atom. The van der Waals surface area contributed by atoms with Gasteiger partial charge in [0.25, 0.3) is 5.56 Å². The molecule has 2 rings (SSSR count). The van der Waals surface area contributed by atoms with Crippen LogP contribution < -0.4 is 5.56 Å². The Morgan fingerprint density at radius 1 is 1.19 bits per heavy atom. The van der Waals surface area contributed by atoms with Crippen LogP contribution in [0.15, 0.2) is 29.1 Å². The molecular weight excluding hydrogens is 204 g/mol. The highest BCUT2D eigenvalue weighted by Gasteiger charge is 2.10. The average Bonchev–Trinajstić information content (AvgIpc) is 2.19. The Kier molecular flexibility index (Phi) is 2.48. The standard InChI is InChI=1S/C12H12N2O2/c1-7-3-5-9(6-4-7)10-11(15)13-8(2)14-12(10)16/h3-6H,1-2H3,(H2,13,14,15,16). The fourth-order valence-electron chi connectivity index (χ4n) is 1.55. The van der Waals surface area contributed by atoms with Gasteiger partial charge in [0.1, 0.15) is 11.4 Å². The minimum atomic E-state index is -0.325. The van der Waals surface area contributed by atoms with Crippen molar-refractivity contribution in [2.45, 2.75) is 13.8 Å². The molecule has 2 N–H and O–H groups in total. The highest BCUT2D eigenvalue weighted by molar-refractivity contribution is 5.67. The molecular formula is C12H12N2O2. The number of aromatic hydroxyl groups is 1. The van der Waals surface area contributed by atoms with E-state index in [4.69, 9.17) is 0 Å². The van der Waals surface area contributed by atoms with Gasteiger partial charge in [-0.15, -0.1) is 0 Å². The van der Waals surface area contributed by atoms with Gasteiger partial charge < -0.3 is 10.1 Å². The predicted molar refractivity (Wildman–Crippen MR) is 61.4 cm³/mol. The van der Waals surface area contributed by atoms with Crippen LogP contribution in [-0.2, 0) is 0 Å². The normalized spacial score (nSPS) is 10.4. The van der Waals surface area contributed by atoms with E-state index in [1.807, 2.05) is 19.1 Å². The van der Waals surface area contributed by atoms with Crippen LogP contribution in [0.4, 0.5) is 0 Å². The quantitative estimate of drug-likeness (QED) is 0.763. The molecule has 1 aromatic carbocycles. The van der Waals surface area contributed by atoms with Gasteiger partial charge in [0, 0.05) is 0 Å². The summed E-state index contributed by atoms with van der Waals surface area (Å²) in [5, 5.41) is 9.66. The number of hydrogen-bond acceptors (Lipinski definition) is 3. The van der Waals surface area contributed by atoms with Crippen LogP contribution in [0, 0.1) is 13.8 Å². The lowest BCUT2D eigenvalue weighted by atomic mass is 10.1. The molecule has 0 saturated carbocycles. The Hall–Kier alpha value is -2.10. The smallest absolute Gasteiger partial charge is 0.262 e. The second kappa shape index (κ2) is 3.81. The summed E-state index contributed by atoms with van der Waals surface area (Å²) in [5.74, 6) is 0.170. The molecule has 0 radical (unpaired) electrons. The van der Waals surface area contributed by atoms with Crippen LogP contribution in [0.5, 0.6) is 5.88 Å². The molecule has 0 atom stereocenters. The van der Waals surface area contributed by atoms with Gasteiger partial charge in [-0.25, -0.2) is 4.98 Å². The first-order chi connectivity index (χ1) is 7.58. The summed E-state index contributed by atoms with van der Waals surface area (Å²) in [6, 6.07) is 7.34. The third-order valence-electron chi connectivity index (χ3n) is 2.36. The van der Waals surface area contributed by atoms with Crippen molar-refractivity contribution in [2.24, 2.45) is 0 Å². The van der Waals surface area contributed by atoms with Crippen LogP contribution in [0.3, 0.4) is 0 Å². The Bertz CT molecular complexity index is 571. The van der Waals surface area contributed by atoms with Crippen molar-refractivity contribution in [3.05, 3.63) is 46.0 Å². The molecule has 0 amide bonds. The van der Waals surface area contributed by atoms with Gasteiger partial charge in [0.05, 0.1) is 0 Å². The summed E-state index contributed by atoms with van der Waals surface area (Å²) >= 11 is 0. The van der Waals surface area contributed by atoms with Gasteiger partial charge in [-0.3, -0.25) is 4.79 Å². The molecule has 0 aliphatic carbocycles. The predicted octanol–water partition coefficient (Wildman–Crippen LogP) is 1.76. The van der Waals surface area contributed by atoms with Crippen molar-refractivity contribution < 1.29 is 5.11 Å². The third kappa shape index (κ3) is 1.82. The van der Waals surface area contributed by atoms with E-state index in [0.717, 1.165) is 5.56 Å². The largest absolute Gasteiger partial charge is 0.493 e. The van der Waals surface area contributed by atoms with Crippen LogP contribution in [-0.4, -0.2) is 15.1 Å². The molecule has 1 aromatic heterocycles. The van der Waals surface area contributed by atoms with Gasteiger partial charge in [0.15, 0.2) is 0 Å². The Morgan fingerprint density at radius 3 is 2.38 bits per heavy atom. The summed E-state index contributed by atoms with van der Waals surface area (Å²) < 4.78 is 0. The van der Waals surface area contributed by atoms with Gasteiger partial charge in [-0.05, 0) is 19.4 Å². The molecule has 82 valence electrons. The van der Waals surface area contributed by atoms with E-state index in [1.54, 1.807) is 19.1 Å². The zero-order chi connectivity index (χ0) is 11.7. The molecule has 4 heteroatoms. The monoisotopic (exact) mass is 216 g/mol. The molecule has 4 nitrogen and oxygen atoms in total. The molecule has 0 bridgehead atoms. The topological polar surface area (TPSA) is 66.0 Å². The first kappa shape index (κ1) is 10.4. The maximum absolute atomic E-state index is 11.7. The van der Waals surface area contributed by atoms with Crippen molar-refractivity contribution in [3.63, 3.8) is 0 Å². The van der Waals surface area contributed by atoms with E-state index < -0.39 is 0 Å². The van der Waals surface area contributed by atoms with Crippen LogP contribution in [0.2, 0.25) is 0 Å². The number of hydrogen-bond donors (Lipinski definition) is 2. The third-order valence-corrected chi connectivity index (χ3v) is 2.36. The van der Waals surface area contributed by atoms with Crippen molar-refractivity contribution in [2.75, 3.05) is 0 Å². The SMILES string of the molecule is Cc1ccc(-c2c(O)nc(C)[nH]c2=O)cc1. The zero-order valence-electron chi connectivity index (χ0n) is 9.11. The van der Waals surface area contributed by atoms with Crippen molar-refractivity contribution in [3.8, 4) is 17.0 Å². The molecule has 0 spiro atoms. The molecule has 0 fully saturated rings. The average molecular weight is 216 g/mol. The first-order valence-corrected chi connectivity index (χ1v) is 4.95. The van der Waals surface area contributed by atoms with Crippen LogP contribution >= 0.6 is 0 Å². The molecule has 0 aliphatic heterocycles. The zero-order valence-corrected chi connectivity index (χ0v) is 9.11. The highest BCUT2D eigenvalue weighted by atomic mass is 16.3. The van der Waals surface area contributed by atoms with E-state index in [9.17, 15) is 9.90 Å². The fraction of sp³-hybridized carbons (Fsp3) is 0.167. The van der Waals surface area contributed by atoms with E-state index in [1.165, 1.54) is 0 Å². The molecule has 2 aromatic rings. The summed E-state index contributed by atoms with van der Waals surface area (Å²) in [4.78, 5) is 18.1. The van der Waals surface area contributed by atoms with Crippen LogP contribution in [0.25, 0.3) is 11.1 Å². The number of aromatic amines is 1. The number of aromatic nitrogens is 2. The Labute approximate surface area is 92.6 Å². The Balaban J connectivity index is 2.65. The van der Waals surface area contributed by atoms with E-state index in [0.29, 0.717) is 11.4 Å². The number of nitrogens with zero attached hydrogens (tertiary/aromatic N) is 1. The lowest BCUT2D eigenvalue weighted by molar-refractivity contribution is 0.451. The van der Waals surface area contributed by atoms with Gasteiger partial charge in [-0.1, -0.05) is 29.8 Å². The maximum atomic E-state index is 11.7. The van der Waals surface area contributed by atoms with E-state index >= 15 is 0 Å². The number of rotatable bonds is 1. The molecule has 16 heavy (non-hydrogen) atoms. The molecule has 0 aliphatic rings. The van der Waals surface area contributed by atoms with Crippen LogP contribution in [0.1, 0.15) is 11.4 Å². The highest BCUT2D eigenvalue weighted by Crippen LogP contribution is 2.23. The summed E-state index contributed by atoms with van der Waals surface area (Å²) in [6.45, 7) is 3.58. The second-order valence-electron chi connectivity index (χ2n) is 3.72. The van der Waals surface area contributed by atoms with Gasteiger partial charge in [0.2, 0.25) is 5.88 Å².